The molecule has 128 valence electrons. The minimum Gasteiger partial charge on any atom is -0.350 e. The number of aromatic nitrogens is 1. The summed E-state index contributed by atoms with van der Waals surface area (Å²) in [7, 11) is 0. The number of benzene rings is 3. The van der Waals surface area contributed by atoms with Crippen LogP contribution >= 0.6 is 0 Å². The Morgan fingerprint density at radius 2 is 1.12 bits per heavy atom. The molecule has 4 aromatic rings. The molecule has 0 bridgehead atoms. The van der Waals surface area contributed by atoms with Crippen molar-refractivity contribution in [2.45, 2.75) is 18.9 Å². The summed E-state index contributed by atoms with van der Waals surface area (Å²) in [5.74, 6) is 0.253. The zero-order valence-electron chi connectivity index (χ0n) is 14.8. The SMILES string of the molecule is c1ccc(CCn2cccc2C(c2ccccc2)c2ccccc2)cc1. The van der Waals surface area contributed by atoms with Crippen molar-refractivity contribution in [2.75, 3.05) is 0 Å². The van der Waals surface area contributed by atoms with Gasteiger partial charge in [0.1, 0.15) is 0 Å². The summed E-state index contributed by atoms with van der Waals surface area (Å²) in [6.45, 7) is 0.989. The quantitative estimate of drug-likeness (QED) is 0.412. The van der Waals surface area contributed by atoms with Gasteiger partial charge in [0.25, 0.3) is 0 Å². The fraction of sp³-hybridized carbons (Fsp3) is 0.120. The normalized spacial score (nSPS) is 11.0. The van der Waals surface area contributed by atoms with Gasteiger partial charge in [-0.25, -0.2) is 0 Å². The summed E-state index contributed by atoms with van der Waals surface area (Å²) in [6, 6.07) is 36.7. The zero-order chi connectivity index (χ0) is 17.6. The summed E-state index contributed by atoms with van der Waals surface area (Å²) in [4.78, 5) is 0. The lowest BCUT2D eigenvalue weighted by molar-refractivity contribution is 0.655. The topological polar surface area (TPSA) is 4.93 Å². The van der Waals surface area contributed by atoms with Gasteiger partial charge in [0.05, 0.1) is 0 Å². The van der Waals surface area contributed by atoms with Crippen molar-refractivity contribution in [1.82, 2.24) is 4.57 Å². The van der Waals surface area contributed by atoms with Gasteiger partial charge < -0.3 is 4.57 Å². The molecule has 0 aliphatic rings. The lowest BCUT2D eigenvalue weighted by atomic mass is 9.88. The van der Waals surface area contributed by atoms with Crippen molar-refractivity contribution in [2.24, 2.45) is 0 Å². The second-order valence-electron chi connectivity index (χ2n) is 6.62. The maximum atomic E-state index is 2.40. The van der Waals surface area contributed by atoms with Crippen LogP contribution in [0.25, 0.3) is 0 Å². The van der Waals surface area contributed by atoms with Crippen LogP contribution in [0.4, 0.5) is 0 Å². The first kappa shape index (κ1) is 16.4. The van der Waals surface area contributed by atoms with Gasteiger partial charge in [0.2, 0.25) is 0 Å². The molecule has 0 amide bonds. The molecule has 0 aliphatic heterocycles. The minimum atomic E-state index is 0.253. The molecule has 0 spiro atoms. The highest BCUT2D eigenvalue weighted by molar-refractivity contribution is 5.41. The number of hydrogen-bond donors (Lipinski definition) is 0. The highest BCUT2D eigenvalue weighted by Crippen LogP contribution is 2.32. The Balaban J connectivity index is 1.68. The molecule has 0 aliphatic carbocycles. The van der Waals surface area contributed by atoms with E-state index in [4.69, 9.17) is 0 Å². The molecule has 0 unspecified atom stereocenters. The molecule has 1 nitrogen and oxygen atoms in total. The Morgan fingerprint density at radius 1 is 0.577 bits per heavy atom. The van der Waals surface area contributed by atoms with Gasteiger partial charge in [-0.1, -0.05) is 91.0 Å². The summed E-state index contributed by atoms with van der Waals surface area (Å²) in [5.41, 5.74) is 5.39. The van der Waals surface area contributed by atoms with E-state index in [1.54, 1.807) is 0 Å². The van der Waals surface area contributed by atoms with Crippen molar-refractivity contribution < 1.29 is 0 Å². The van der Waals surface area contributed by atoms with Gasteiger partial charge in [-0.15, -0.1) is 0 Å². The monoisotopic (exact) mass is 337 g/mol. The van der Waals surface area contributed by atoms with E-state index in [0.29, 0.717) is 0 Å². The highest BCUT2D eigenvalue weighted by Gasteiger charge is 2.19. The van der Waals surface area contributed by atoms with E-state index in [-0.39, 0.29) is 5.92 Å². The van der Waals surface area contributed by atoms with Crippen LogP contribution in [0.3, 0.4) is 0 Å². The predicted molar refractivity (Wildman–Crippen MR) is 108 cm³/mol. The van der Waals surface area contributed by atoms with Crippen LogP contribution in [0, 0.1) is 0 Å². The van der Waals surface area contributed by atoms with Crippen LogP contribution in [-0.2, 0) is 13.0 Å². The first-order valence-corrected chi connectivity index (χ1v) is 9.21. The van der Waals surface area contributed by atoms with E-state index in [1.807, 2.05) is 0 Å². The summed E-state index contributed by atoms with van der Waals surface area (Å²) in [6.07, 6.45) is 3.25. The Labute approximate surface area is 155 Å². The fourth-order valence-corrected chi connectivity index (χ4v) is 3.61. The van der Waals surface area contributed by atoms with Gasteiger partial charge >= 0.3 is 0 Å². The number of aryl methyl sites for hydroxylation is 2. The molecule has 0 radical (unpaired) electrons. The lowest BCUT2D eigenvalue weighted by Gasteiger charge is -2.21. The number of nitrogens with zero attached hydrogens (tertiary/aromatic N) is 1. The molecule has 0 atom stereocenters. The van der Waals surface area contributed by atoms with E-state index in [2.05, 4.69) is 114 Å². The average molecular weight is 337 g/mol. The van der Waals surface area contributed by atoms with Crippen LogP contribution < -0.4 is 0 Å². The summed E-state index contributed by atoms with van der Waals surface area (Å²) >= 11 is 0. The minimum absolute atomic E-state index is 0.253. The van der Waals surface area contributed by atoms with Crippen LogP contribution in [0.1, 0.15) is 28.3 Å². The predicted octanol–water partition coefficient (Wildman–Crippen LogP) is 5.91. The van der Waals surface area contributed by atoms with Gasteiger partial charge in [0.15, 0.2) is 0 Å². The molecule has 1 aromatic heterocycles. The lowest BCUT2D eigenvalue weighted by Crippen LogP contribution is -2.11. The van der Waals surface area contributed by atoms with Crippen molar-refractivity contribution in [3.05, 3.63) is 132 Å². The second kappa shape index (κ2) is 7.88. The molecule has 3 aromatic carbocycles. The van der Waals surface area contributed by atoms with E-state index in [9.17, 15) is 0 Å². The molecule has 0 N–H and O–H groups in total. The van der Waals surface area contributed by atoms with E-state index in [0.717, 1.165) is 13.0 Å². The fourth-order valence-electron chi connectivity index (χ4n) is 3.61. The van der Waals surface area contributed by atoms with Gasteiger partial charge in [-0.2, -0.15) is 0 Å². The molecule has 26 heavy (non-hydrogen) atoms. The molecule has 4 rings (SSSR count). The van der Waals surface area contributed by atoms with Crippen LogP contribution in [0.5, 0.6) is 0 Å². The standard InChI is InChI=1S/C25H23N/c1-4-11-21(12-5-1)18-20-26-19-10-17-24(26)25(22-13-6-2-7-14-22)23-15-8-3-9-16-23/h1-17,19,25H,18,20H2. The summed E-state index contributed by atoms with van der Waals surface area (Å²) in [5, 5.41) is 0. The van der Waals surface area contributed by atoms with Crippen molar-refractivity contribution in [3.8, 4) is 0 Å². The average Bonchev–Trinajstić information content (AvgIpc) is 3.17. The Morgan fingerprint density at radius 3 is 1.69 bits per heavy atom. The maximum absolute atomic E-state index is 2.40. The Bertz CT molecular complexity index is 884. The summed E-state index contributed by atoms with van der Waals surface area (Å²) < 4.78 is 2.40. The zero-order valence-corrected chi connectivity index (χ0v) is 14.8. The van der Waals surface area contributed by atoms with Gasteiger partial charge in [0, 0.05) is 24.4 Å². The van der Waals surface area contributed by atoms with Crippen LogP contribution in [0.15, 0.2) is 109 Å². The Kier molecular flexibility index (Phi) is 4.97. The Hall–Kier alpha value is -3.06. The first-order valence-electron chi connectivity index (χ1n) is 9.21. The number of rotatable bonds is 6. The first-order chi connectivity index (χ1) is 12.9. The smallest absolute Gasteiger partial charge is 0.0492 e. The van der Waals surface area contributed by atoms with Crippen molar-refractivity contribution >= 4 is 0 Å². The van der Waals surface area contributed by atoms with Crippen LogP contribution in [-0.4, -0.2) is 4.57 Å². The van der Waals surface area contributed by atoms with E-state index in [1.165, 1.54) is 22.4 Å². The highest BCUT2D eigenvalue weighted by atomic mass is 15.0. The third-order valence-electron chi connectivity index (χ3n) is 4.91. The molecule has 0 saturated heterocycles. The third kappa shape index (κ3) is 3.62. The molecular weight excluding hydrogens is 314 g/mol. The van der Waals surface area contributed by atoms with Crippen molar-refractivity contribution in [1.29, 1.82) is 0 Å². The molecule has 1 heterocycles. The van der Waals surface area contributed by atoms with Gasteiger partial charge in [-0.3, -0.25) is 0 Å². The van der Waals surface area contributed by atoms with Gasteiger partial charge in [-0.05, 0) is 35.2 Å². The van der Waals surface area contributed by atoms with Crippen molar-refractivity contribution in [3.63, 3.8) is 0 Å². The number of hydrogen-bond acceptors (Lipinski definition) is 0. The third-order valence-corrected chi connectivity index (χ3v) is 4.91. The van der Waals surface area contributed by atoms with E-state index < -0.39 is 0 Å². The van der Waals surface area contributed by atoms with Crippen LogP contribution in [0.2, 0.25) is 0 Å². The second-order valence-corrected chi connectivity index (χ2v) is 6.62. The van der Waals surface area contributed by atoms with E-state index >= 15 is 0 Å². The molecule has 0 saturated carbocycles. The largest absolute Gasteiger partial charge is 0.350 e. The maximum Gasteiger partial charge on any atom is 0.0492 e. The molecular formula is C25H23N. The molecule has 1 heteroatoms. The molecule has 0 fully saturated rings.